The summed E-state index contributed by atoms with van der Waals surface area (Å²) in [5.74, 6) is -0.0525. The number of H-pyrrole nitrogens is 1. The highest BCUT2D eigenvalue weighted by atomic mass is 35.5. The third kappa shape index (κ3) is 1.44. The molecule has 14 heavy (non-hydrogen) atoms. The predicted molar refractivity (Wildman–Crippen MR) is 53.4 cm³/mol. The lowest BCUT2D eigenvalue weighted by molar-refractivity contribution is 0.628. The Morgan fingerprint density at radius 3 is 2.43 bits per heavy atom. The van der Waals surface area contributed by atoms with E-state index in [0.29, 0.717) is 10.7 Å². The van der Waals surface area contributed by atoms with Crippen LogP contribution >= 0.6 is 11.6 Å². The monoisotopic (exact) mass is 211 g/mol. The van der Waals surface area contributed by atoms with Gasteiger partial charge in [0.05, 0.1) is 5.69 Å². The Labute approximate surface area is 84.7 Å². The third-order valence-electron chi connectivity index (χ3n) is 1.87. The van der Waals surface area contributed by atoms with Gasteiger partial charge < -0.3 is 5.73 Å². The molecule has 0 saturated heterocycles. The van der Waals surface area contributed by atoms with Crippen molar-refractivity contribution in [3.63, 3.8) is 0 Å². The molecule has 0 aliphatic heterocycles. The number of anilines is 1. The highest BCUT2D eigenvalue weighted by Crippen LogP contribution is 2.29. The van der Waals surface area contributed by atoms with Crippen LogP contribution in [0.25, 0.3) is 11.3 Å². The third-order valence-corrected chi connectivity index (χ3v) is 2.25. The molecule has 0 unspecified atom stereocenters. The van der Waals surface area contributed by atoms with Crippen molar-refractivity contribution in [2.45, 2.75) is 0 Å². The van der Waals surface area contributed by atoms with E-state index in [-0.39, 0.29) is 11.6 Å². The molecule has 0 bridgehead atoms. The molecule has 0 radical (unpaired) electrons. The summed E-state index contributed by atoms with van der Waals surface area (Å²) < 4.78 is 12.6. The Morgan fingerprint density at radius 2 is 1.93 bits per heavy atom. The zero-order valence-electron chi connectivity index (χ0n) is 7.09. The molecule has 1 heterocycles. The number of rotatable bonds is 1. The summed E-state index contributed by atoms with van der Waals surface area (Å²) in [6, 6.07) is 5.91. The molecule has 1 aromatic heterocycles. The van der Waals surface area contributed by atoms with E-state index in [0.717, 1.165) is 5.56 Å². The molecule has 0 atom stereocenters. The van der Waals surface area contributed by atoms with Gasteiger partial charge >= 0.3 is 0 Å². The van der Waals surface area contributed by atoms with E-state index in [1.807, 2.05) is 0 Å². The van der Waals surface area contributed by atoms with E-state index in [1.165, 1.54) is 12.1 Å². The first-order valence-corrected chi connectivity index (χ1v) is 4.31. The topological polar surface area (TPSA) is 54.7 Å². The van der Waals surface area contributed by atoms with Gasteiger partial charge in [-0.25, -0.2) is 4.39 Å². The Bertz CT molecular complexity index is 450. The van der Waals surface area contributed by atoms with Crippen molar-refractivity contribution in [3.8, 4) is 11.3 Å². The minimum atomic E-state index is -0.294. The van der Waals surface area contributed by atoms with E-state index in [1.54, 1.807) is 12.1 Å². The molecule has 1 aromatic carbocycles. The lowest BCUT2D eigenvalue weighted by Gasteiger charge is -1.97. The Hall–Kier alpha value is -1.55. The average Bonchev–Trinajstić information content (AvgIpc) is 2.50. The Balaban J connectivity index is 2.49. The summed E-state index contributed by atoms with van der Waals surface area (Å²) in [6.07, 6.45) is 0. The van der Waals surface area contributed by atoms with Gasteiger partial charge in [0.2, 0.25) is 0 Å². The summed E-state index contributed by atoms with van der Waals surface area (Å²) >= 11 is 5.87. The fraction of sp³-hybridized carbons (Fsp3) is 0. The zero-order valence-corrected chi connectivity index (χ0v) is 7.85. The van der Waals surface area contributed by atoms with Crippen molar-refractivity contribution in [1.29, 1.82) is 0 Å². The molecule has 3 N–H and O–H groups in total. The fourth-order valence-corrected chi connectivity index (χ4v) is 1.34. The van der Waals surface area contributed by atoms with Crippen molar-refractivity contribution in [1.82, 2.24) is 10.2 Å². The zero-order chi connectivity index (χ0) is 10.1. The lowest BCUT2D eigenvalue weighted by atomic mass is 10.1. The summed E-state index contributed by atoms with van der Waals surface area (Å²) in [5.41, 5.74) is 6.81. The van der Waals surface area contributed by atoms with Crippen LogP contribution in [0.15, 0.2) is 24.3 Å². The van der Waals surface area contributed by atoms with Gasteiger partial charge in [-0.05, 0) is 24.3 Å². The molecule has 0 saturated carbocycles. The first kappa shape index (κ1) is 9.02. The van der Waals surface area contributed by atoms with Crippen LogP contribution in [-0.4, -0.2) is 10.2 Å². The normalized spacial score (nSPS) is 10.4. The van der Waals surface area contributed by atoms with E-state index >= 15 is 0 Å². The first-order chi connectivity index (χ1) is 6.68. The second-order valence-electron chi connectivity index (χ2n) is 2.80. The lowest BCUT2D eigenvalue weighted by Crippen LogP contribution is -1.83. The van der Waals surface area contributed by atoms with Crippen LogP contribution in [0.1, 0.15) is 0 Å². The second kappa shape index (κ2) is 3.31. The summed E-state index contributed by atoms with van der Waals surface area (Å²) in [5, 5.41) is 6.78. The maximum atomic E-state index is 12.6. The van der Waals surface area contributed by atoms with Crippen LogP contribution in [0, 0.1) is 5.82 Å². The van der Waals surface area contributed by atoms with Gasteiger partial charge in [0.25, 0.3) is 0 Å². The quantitative estimate of drug-likeness (QED) is 0.761. The molecule has 0 amide bonds. The Morgan fingerprint density at radius 1 is 1.29 bits per heavy atom. The van der Waals surface area contributed by atoms with E-state index in [2.05, 4.69) is 10.2 Å². The number of nitrogens with two attached hydrogens (primary N) is 1. The number of hydrogen-bond acceptors (Lipinski definition) is 2. The van der Waals surface area contributed by atoms with Gasteiger partial charge in [-0.2, -0.15) is 5.10 Å². The highest BCUT2D eigenvalue weighted by Gasteiger charge is 2.09. The number of hydrogen-bond donors (Lipinski definition) is 2. The predicted octanol–water partition coefficient (Wildman–Crippen LogP) is 2.45. The number of nitrogen functional groups attached to an aromatic ring is 1. The number of aromatic amines is 1. The average molecular weight is 212 g/mol. The maximum absolute atomic E-state index is 12.6. The van der Waals surface area contributed by atoms with Crippen molar-refractivity contribution < 1.29 is 4.39 Å². The SMILES string of the molecule is Nc1n[nH]c(-c2ccc(F)cc2)c1Cl. The van der Waals surface area contributed by atoms with Crippen LogP contribution < -0.4 is 5.73 Å². The van der Waals surface area contributed by atoms with Crippen molar-refractivity contribution in [2.24, 2.45) is 0 Å². The number of aromatic nitrogens is 2. The van der Waals surface area contributed by atoms with Gasteiger partial charge in [0, 0.05) is 5.56 Å². The van der Waals surface area contributed by atoms with Crippen molar-refractivity contribution in [3.05, 3.63) is 35.1 Å². The van der Waals surface area contributed by atoms with Crippen molar-refractivity contribution in [2.75, 3.05) is 5.73 Å². The molecule has 0 spiro atoms. The van der Waals surface area contributed by atoms with Crippen LogP contribution in [0.5, 0.6) is 0 Å². The molecule has 3 nitrogen and oxygen atoms in total. The van der Waals surface area contributed by atoms with Gasteiger partial charge in [-0.1, -0.05) is 11.6 Å². The summed E-state index contributed by atoms with van der Waals surface area (Å²) in [7, 11) is 0. The molecule has 5 heteroatoms. The minimum absolute atomic E-state index is 0.242. The van der Waals surface area contributed by atoms with Crippen LogP contribution in [0.4, 0.5) is 10.2 Å². The van der Waals surface area contributed by atoms with Crippen LogP contribution in [-0.2, 0) is 0 Å². The van der Waals surface area contributed by atoms with E-state index in [4.69, 9.17) is 17.3 Å². The fourth-order valence-electron chi connectivity index (χ4n) is 1.15. The first-order valence-electron chi connectivity index (χ1n) is 3.94. The Kier molecular flexibility index (Phi) is 2.13. The molecular weight excluding hydrogens is 205 g/mol. The van der Waals surface area contributed by atoms with E-state index in [9.17, 15) is 4.39 Å². The van der Waals surface area contributed by atoms with Crippen molar-refractivity contribution >= 4 is 17.4 Å². The van der Waals surface area contributed by atoms with Gasteiger partial charge in [0.1, 0.15) is 10.8 Å². The standard InChI is InChI=1S/C9H7ClFN3/c10-7-8(13-14-9(7)12)5-1-3-6(11)4-2-5/h1-4H,(H3,12,13,14). The van der Waals surface area contributed by atoms with Gasteiger partial charge in [-0.3, -0.25) is 5.10 Å². The summed E-state index contributed by atoms with van der Waals surface area (Å²) in [4.78, 5) is 0. The molecular formula is C9H7ClFN3. The second-order valence-corrected chi connectivity index (χ2v) is 3.18. The van der Waals surface area contributed by atoms with E-state index < -0.39 is 0 Å². The maximum Gasteiger partial charge on any atom is 0.164 e. The number of nitrogens with zero attached hydrogens (tertiary/aromatic N) is 1. The molecule has 2 aromatic rings. The molecule has 0 aliphatic carbocycles. The summed E-state index contributed by atoms with van der Waals surface area (Å²) in [6.45, 7) is 0. The molecule has 0 fully saturated rings. The largest absolute Gasteiger partial charge is 0.381 e. The highest BCUT2D eigenvalue weighted by molar-refractivity contribution is 6.35. The number of nitrogens with one attached hydrogen (secondary N) is 1. The number of benzene rings is 1. The van der Waals surface area contributed by atoms with Crippen LogP contribution in [0.3, 0.4) is 0 Å². The van der Waals surface area contributed by atoms with Gasteiger partial charge in [0.15, 0.2) is 5.82 Å². The number of halogens is 2. The smallest absolute Gasteiger partial charge is 0.164 e. The molecule has 72 valence electrons. The molecule has 2 rings (SSSR count). The molecule has 0 aliphatic rings. The van der Waals surface area contributed by atoms with Crippen LogP contribution in [0.2, 0.25) is 5.02 Å². The van der Waals surface area contributed by atoms with Gasteiger partial charge in [-0.15, -0.1) is 0 Å². The minimum Gasteiger partial charge on any atom is -0.381 e.